The maximum Gasteiger partial charge on any atom is 0.247 e. The summed E-state index contributed by atoms with van der Waals surface area (Å²) in [6.07, 6.45) is 1.73. The first-order valence-electron chi connectivity index (χ1n) is 9.54. The van der Waals surface area contributed by atoms with Gasteiger partial charge in [-0.15, -0.1) is 0 Å². The molecule has 8 nitrogen and oxygen atoms in total. The second kappa shape index (κ2) is 8.44. The lowest BCUT2D eigenvalue weighted by Gasteiger charge is -2.32. The molecule has 1 atom stereocenters. The van der Waals surface area contributed by atoms with Crippen molar-refractivity contribution in [1.29, 1.82) is 5.41 Å². The number of nitrogens with zero attached hydrogens (tertiary/aromatic N) is 1. The van der Waals surface area contributed by atoms with Crippen LogP contribution in [0.2, 0.25) is 0 Å². The Balaban J connectivity index is 2.33. The van der Waals surface area contributed by atoms with Crippen molar-refractivity contribution >= 4 is 17.5 Å². The third-order valence-corrected chi connectivity index (χ3v) is 5.12. The molecule has 8 heteroatoms. The molecule has 2 aromatic rings. The van der Waals surface area contributed by atoms with E-state index in [9.17, 15) is 4.79 Å². The molecule has 3 rings (SSSR count). The van der Waals surface area contributed by atoms with E-state index < -0.39 is 11.8 Å². The fourth-order valence-corrected chi connectivity index (χ4v) is 3.76. The van der Waals surface area contributed by atoms with E-state index in [2.05, 4.69) is 10.3 Å². The van der Waals surface area contributed by atoms with E-state index in [1.165, 1.54) is 7.11 Å². The zero-order valence-electron chi connectivity index (χ0n) is 17.8. The van der Waals surface area contributed by atoms with Gasteiger partial charge in [-0.2, -0.15) is 0 Å². The molecule has 1 aliphatic heterocycles. The van der Waals surface area contributed by atoms with Crippen LogP contribution in [-0.4, -0.2) is 37.6 Å². The molecule has 0 bridgehead atoms. The zero-order valence-corrected chi connectivity index (χ0v) is 17.8. The Hall–Kier alpha value is -3.55. The highest BCUT2D eigenvalue weighted by atomic mass is 16.5. The standard InChI is InChI=1S/C22H26N4O4/c1-6-30-22-18-17(14-8-7-13(21(24)29-5)9-15(14)28-4)16(20(23)27)12(3)26-19(18)11(2)10-25-22/h7-10,17,24,26H,6H2,1-5H3,(H2,23,27)/t17-/m1/s1. The summed E-state index contributed by atoms with van der Waals surface area (Å²) in [6.45, 7) is 6.05. The summed E-state index contributed by atoms with van der Waals surface area (Å²) in [4.78, 5) is 17.0. The molecule has 158 valence electrons. The van der Waals surface area contributed by atoms with Crippen LogP contribution in [0.1, 0.15) is 42.0 Å². The Morgan fingerprint density at radius 1 is 1.30 bits per heavy atom. The molecular formula is C22H26N4O4. The summed E-state index contributed by atoms with van der Waals surface area (Å²) >= 11 is 0. The van der Waals surface area contributed by atoms with Gasteiger partial charge in [-0.1, -0.05) is 6.07 Å². The molecule has 30 heavy (non-hydrogen) atoms. The van der Waals surface area contributed by atoms with Crippen molar-refractivity contribution in [3.05, 3.63) is 57.9 Å². The number of hydrogen-bond donors (Lipinski definition) is 3. The first kappa shape index (κ1) is 21.2. The third-order valence-electron chi connectivity index (χ3n) is 5.12. The number of carbonyl (C=O) groups is 1. The van der Waals surface area contributed by atoms with Gasteiger partial charge in [-0.05, 0) is 38.5 Å². The normalized spacial score (nSPS) is 15.2. The molecule has 1 aromatic heterocycles. The molecule has 1 aromatic carbocycles. The van der Waals surface area contributed by atoms with Gasteiger partial charge in [0.25, 0.3) is 0 Å². The molecule has 2 heterocycles. The Morgan fingerprint density at radius 2 is 2.03 bits per heavy atom. The lowest BCUT2D eigenvalue weighted by molar-refractivity contribution is -0.114. The second-order valence-electron chi connectivity index (χ2n) is 6.92. The Morgan fingerprint density at radius 3 is 2.63 bits per heavy atom. The van der Waals surface area contributed by atoms with Crippen LogP contribution in [-0.2, 0) is 9.53 Å². The lowest BCUT2D eigenvalue weighted by Crippen LogP contribution is -2.28. The fourth-order valence-electron chi connectivity index (χ4n) is 3.76. The third kappa shape index (κ3) is 3.56. The number of methoxy groups -OCH3 is 2. The number of anilines is 1. The van der Waals surface area contributed by atoms with Crippen molar-refractivity contribution in [2.24, 2.45) is 5.73 Å². The molecule has 0 radical (unpaired) electrons. The van der Waals surface area contributed by atoms with Crippen LogP contribution in [0.3, 0.4) is 0 Å². The summed E-state index contributed by atoms with van der Waals surface area (Å²) in [6, 6.07) is 5.28. The van der Waals surface area contributed by atoms with Gasteiger partial charge in [0.15, 0.2) is 0 Å². The highest BCUT2D eigenvalue weighted by molar-refractivity contribution is 5.98. The van der Waals surface area contributed by atoms with Crippen molar-refractivity contribution in [3.8, 4) is 11.6 Å². The number of amides is 1. The van der Waals surface area contributed by atoms with E-state index >= 15 is 0 Å². The van der Waals surface area contributed by atoms with Gasteiger partial charge >= 0.3 is 0 Å². The summed E-state index contributed by atoms with van der Waals surface area (Å²) in [5, 5.41) is 11.2. The Labute approximate surface area is 175 Å². The molecule has 1 aliphatic rings. The number of nitrogens with two attached hydrogens (primary N) is 1. The number of rotatable bonds is 6. The molecule has 0 saturated carbocycles. The summed E-state index contributed by atoms with van der Waals surface area (Å²) in [7, 11) is 2.98. The number of nitrogens with one attached hydrogen (secondary N) is 2. The van der Waals surface area contributed by atoms with Crippen LogP contribution >= 0.6 is 0 Å². The van der Waals surface area contributed by atoms with Crippen molar-refractivity contribution in [2.75, 3.05) is 26.1 Å². The average molecular weight is 410 g/mol. The highest BCUT2D eigenvalue weighted by Crippen LogP contribution is 2.48. The monoisotopic (exact) mass is 410 g/mol. The summed E-state index contributed by atoms with van der Waals surface area (Å²) < 4.78 is 16.5. The summed E-state index contributed by atoms with van der Waals surface area (Å²) in [5.41, 5.74) is 10.6. The number of benzene rings is 1. The van der Waals surface area contributed by atoms with Crippen LogP contribution in [0.15, 0.2) is 35.7 Å². The predicted octanol–water partition coefficient (Wildman–Crippen LogP) is 3.09. The van der Waals surface area contributed by atoms with Crippen molar-refractivity contribution in [3.63, 3.8) is 0 Å². The number of allylic oxidation sites excluding steroid dienone is 1. The topological polar surface area (TPSA) is 120 Å². The van der Waals surface area contributed by atoms with Crippen molar-refractivity contribution in [1.82, 2.24) is 4.98 Å². The van der Waals surface area contributed by atoms with E-state index in [0.717, 1.165) is 22.4 Å². The van der Waals surface area contributed by atoms with E-state index in [1.807, 2.05) is 26.8 Å². The number of primary amides is 1. The number of carbonyl (C=O) groups excluding carboxylic acids is 1. The van der Waals surface area contributed by atoms with Crippen LogP contribution < -0.4 is 20.5 Å². The smallest absolute Gasteiger partial charge is 0.247 e. The Bertz CT molecular complexity index is 1050. The van der Waals surface area contributed by atoms with Crippen molar-refractivity contribution < 1.29 is 19.0 Å². The Kier molecular flexibility index (Phi) is 5.96. The highest BCUT2D eigenvalue weighted by Gasteiger charge is 2.37. The minimum Gasteiger partial charge on any atom is -0.496 e. The second-order valence-corrected chi connectivity index (χ2v) is 6.92. The molecule has 0 unspecified atom stereocenters. The van der Waals surface area contributed by atoms with E-state index in [1.54, 1.807) is 25.4 Å². The van der Waals surface area contributed by atoms with Gasteiger partial charge in [0, 0.05) is 28.6 Å². The number of pyridine rings is 1. The predicted molar refractivity (Wildman–Crippen MR) is 114 cm³/mol. The number of aromatic nitrogens is 1. The van der Waals surface area contributed by atoms with E-state index in [4.69, 9.17) is 25.4 Å². The van der Waals surface area contributed by atoms with Crippen LogP contribution in [0.25, 0.3) is 0 Å². The first-order valence-corrected chi connectivity index (χ1v) is 9.54. The molecule has 0 saturated heterocycles. The molecule has 4 N–H and O–H groups in total. The van der Waals surface area contributed by atoms with E-state index in [0.29, 0.717) is 35.1 Å². The van der Waals surface area contributed by atoms with Gasteiger partial charge in [-0.3, -0.25) is 10.2 Å². The van der Waals surface area contributed by atoms with Gasteiger partial charge in [-0.25, -0.2) is 4.98 Å². The molecular weight excluding hydrogens is 384 g/mol. The molecule has 1 amide bonds. The largest absolute Gasteiger partial charge is 0.496 e. The molecule has 0 fully saturated rings. The molecule has 0 spiro atoms. The quantitative estimate of drug-likeness (QED) is 0.497. The fraction of sp³-hybridized carbons (Fsp3) is 0.318. The zero-order chi connectivity index (χ0) is 22.0. The molecule has 0 aliphatic carbocycles. The average Bonchev–Trinajstić information content (AvgIpc) is 2.73. The van der Waals surface area contributed by atoms with Gasteiger partial charge < -0.3 is 25.3 Å². The van der Waals surface area contributed by atoms with Crippen LogP contribution in [0, 0.1) is 12.3 Å². The van der Waals surface area contributed by atoms with Gasteiger partial charge in [0.1, 0.15) is 5.75 Å². The number of hydrogen-bond acceptors (Lipinski definition) is 7. The van der Waals surface area contributed by atoms with Gasteiger partial charge in [0.05, 0.1) is 38.0 Å². The number of ether oxygens (including phenoxy) is 3. The number of fused-ring (bicyclic) bond motifs is 1. The van der Waals surface area contributed by atoms with Crippen molar-refractivity contribution in [2.45, 2.75) is 26.7 Å². The lowest BCUT2D eigenvalue weighted by atomic mass is 9.79. The van der Waals surface area contributed by atoms with Crippen LogP contribution in [0.4, 0.5) is 5.69 Å². The maximum absolute atomic E-state index is 12.5. The maximum atomic E-state index is 12.5. The van der Waals surface area contributed by atoms with Gasteiger partial charge in [0.2, 0.25) is 17.7 Å². The SMILES string of the molecule is CCOc1ncc(C)c2c1[C@H](c1ccc(C(=N)OC)cc1OC)C(C(N)=O)=C(C)N2. The van der Waals surface area contributed by atoms with E-state index in [-0.39, 0.29) is 5.90 Å². The minimum absolute atomic E-state index is 0.0138. The first-order chi connectivity index (χ1) is 14.3. The minimum atomic E-state index is -0.548. The van der Waals surface area contributed by atoms with Crippen LogP contribution in [0.5, 0.6) is 11.6 Å². The number of aryl methyl sites for hydroxylation is 1. The summed E-state index contributed by atoms with van der Waals surface area (Å²) in [5.74, 6) is -0.149.